The van der Waals surface area contributed by atoms with Crippen LogP contribution in [0.1, 0.15) is 32.1 Å². The summed E-state index contributed by atoms with van der Waals surface area (Å²) in [5.41, 5.74) is 4.03. The van der Waals surface area contributed by atoms with Crippen LogP contribution < -0.4 is 4.74 Å². The van der Waals surface area contributed by atoms with Crippen LogP contribution in [0.4, 0.5) is 0 Å². The summed E-state index contributed by atoms with van der Waals surface area (Å²) in [6, 6.07) is 7.96. The zero-order chi connectivity index (χ0) is 19.7. The molecule has 5 heteroatoms. The fourth-order valence-corrected chi connectivity index (χ4v) is 5.12. The Kier molecular flexibility index (Phi) is 5.20. The minimum absolute atomic E-state index is 0.0909. The number of aromatic nitrogens is 1. The molecule has 2 aliphatic heterocycles. The Labute approximate surface area is 172 Å². The van der Waals surface area contributed by atoms with Crippen molar-refractivity contribution in [3.63, 3.8) is 0 Å². The van der Waals surface area contributed by atoms with Crippen molar-refractivity contribution in [1.82, 2.24) is 9.88 Å². The van der Waals surface area contributed by atoms with Crippen molar-refractivity contribution in [1.29, 1.82) is 0 Å². The first-order valence-corrected chi connectivity index (χ1v) is 10.9. The first-order chi connectivity index (χ1) is 14.2. The van der Waals surface area contributed by atoms with Crippen molar-refractivity contribution in [3.05, 3.63) is 53.8 Å². The highest BCUT2D eigenvalue weighted by molar-refractivity contribution is 5.85. The second kappa shape index (κ2) is 7.98. The van der Waals surface area contributed by atoms with Gasteiger partial charge in [0.05, 0.1) is 12.2 Å². The molecule has 1 spiro atoms. The highest BCUT2D eigenvalue weighted by Gasteiger charge is 2.41. The van der Waals surface area contributed by atoms with Crippen molar-refractivity contribution in [2.24, 2.45) is 0 Å². The van der Waals surface area contributed by atoms with Gasteiger partial charge in [-0.25, -0.2) is 0 Å². The van der Waals surface area contributed by atoms with E-state index in [1.807, 2.05) is 30.5 Å². The molecule has 29 heavy (non-hydrogen) atoms. The molecule has 0 amide bonds. The second-order valence-corrected chi connectivity index (χ2v) is 8.51. The van der Waals surface area contributed by atoms with E-state index in [0.29, 0.717) is 13.2 Å². The van der Waals surface area contributed by atoms with Crippen LogP contribution in [-0.2, 0) is 4.74 Å². The number of benzene rings is 1. The van der Waals surface area contributed by atoms with Crippen molar-refractivity contribution < 1.29 is 14.6 Å². The molecule has 0 bridgehead atoms. The summed E-state index contributed by atoms with van der Waals surface area (Å²) in [5, 5.41) is 11.6. The molecule has 1 aliphatic carbocycles. The third kappa shape index (κ3) is 3.75. The molecule has 3 heterocycles. The molecule has 0 unspecified atom stereocenters. The van der Waals surface area contributed by atoms with Crippen molar-refractivity contribution in [2.45, 2.75) is 43.8 Å². The Bertz CT molecular complexity index is 921. The van der Waals surface area contributed by atoms with Crippen LogP contribution in [0.15, 0.2) is 53.8 Å². The van der Waals surface area contributed by atoms with E-state index in [0.717, 1.165) is 55.6 Å². The third-order valence-electron chi connectivity index (χ3n) is 6.67. The molecule has 154 valence electrons. The maximum atomic E-state index is 10.5. The first kappa shape index (κ1) is 18.9. The number of fused-ring (bicyclic) bond motifs is 2. The van der Waals surface area contributed by atoms with Crippen LogP contribution in [0.3, 0.4) is 0 Å². The van der Waals surface area contributed by atoms with Crippen LogP contribution in [-0.4, -0.2) is 59.5 Å². The molecule has 1 aromatic carbocycles. The number of aliphatic hydroxyl groups excluding tert-OH is 1. The van der Waals surface area contributed by atoms with E-state index in [1.165, 1.54) is 18.4 Å². The highest BCUT2D eigenvalue weighted by atomic mass is 16.5. The molecule has 0 saturated carbocycles. The molecule has 1 fully saturated rings. The lowest BCUT2D eigenvalue weighted by molar-refractivity contribution is -0.0693. The van der Waals surface area contributed by atoms with E-state index in [1.54, 1.807) is 5.57 Å². The molecule has 3 aliphatic rings. The Morgan fingerprint density at radius 3 is 3.00 bits per heavy atom. The summed E-state index contributed by atoms with van der Waals surface area (Å²) in [7, 11) is 0. The zero-order valence-electron chi connectivity index (χ0n) is 16.9. The molecule has 1 aromatic heterocycles. The molecular weight excluding hydrogens is 364 g/mol. The molecule has 0 radical (unpaired) electrons. The van der Waals surface area contributed by atoms with Gasteiger partial charge >= 0.3 is 0 Å². The number of likely N-dealkylation sites (tertiary alicyclic amines) is 1. The number of nitrogens with one attached hydrogen (secondary N) is 1. The fourth-order valence-electron chi connectivity index (χ4n) is 5.12. The van der Waals surface area contributed by atoms with E-state index in [4.69, 9.17) is 9.47 Å². The Morgan fingerprint density at radius 1 is 1.21 bits per heavy atom. The van der Waals surface area contributed by atoms with Gasteiger partial charge in [-0.05, 0) is 55.9 Å². The number of allylic oxidation sites excluding steroid dienone is 1. The molecule has 1 atom stereocenters. The second-order valence-electron chi connectivity index (χ2n) is 8.51. The number of β-amino-alcohol motifs (C(OH)–C–C–N with tert-alkyl or cyclic N) is 1. The predicted molar refractivity (Wildman–Crippen MR) is 114 cm³/mol. The summed E-state index contributed by atoms with van der Waals surface area (Å²) in [6.45, 7) is 3.71. The summed E-state index contributed by atoms with van der Waals surface area (Å²) in [4.78, 5) is 5.54. The van der Waals surface area contributed by atoms with Crippen LogP contribution in [0.2, 0.25) is 0 Å². The SMILES string of the molecule is O[C@H](COc1cccc2[nH]ccc12)CN1CCC2(CC1)OCCC1=C2C=CCC1. The first-order valence-electron chi connectivity index (χ1n) is 10.9. The smallest absolute Gasteiger partial charge is 0.128 e. The van der Waals surface area contributed by atoms with Crippen LogP contribution >= 0.6 is 0 Å². The van der Waals surface area contributed by atoms with Crippen LogP contribution in [0, 0.1) is 0 Å². The number of hydrogen-bond donors (Lipinski definition) is 2. The minimum atomic E-state index is -0.505. The third-order valence-corrected chi connectivity index (χ3v) is 6.67. The Balaban J connectivity index is 1.16. The molecule has 1 saturated heterocycles. The molecular formula is C24H30N2O3. The Hall–Kier alpha value is -2.08. The van der Waals surface area contributed by atoms with Gasteiger partial charge in [-0.3, -0.25) is 0 Å². The monoisotopic (exact) mass is 394 g/mol. The number of piperidine rings is 1. The van der Waals surface area contributed by atoms with E-state index in [2.05, 4.69) is 22.0 Å². The van der Waals surface area contributed by atoms with E-state index < -0.39 is 6.10 Å². The van der Waals surface area contributed by atoms with Gasteiger partial charge in [-0.2, -0.15) is 0 Å². The standard InChI is InChI=1S/C24H30N2O3/c27-19(17-28-23-7-3-6-22-20(23)8-12-25-22)16-26-13-10-24(11-14-26)21-5-2-1-4-18(21)9-15-29-24/h2-3,5-8,12,19,25,27H,1,4,9-11,13-17H2/t19-/m0/s1. The summed E-state index contributed by atoms with van der Waals surface area (Å²) in [6.07, 6.45) is 11.5. The fraction of sp³-hybridized carbons (Fsp3) is 0.500. The quantitative estimate of drug-likeness (QED) is 0.810. The largest absolute Gasteiger partial charge is 0.490 e. The highest BCUT2D eigenvalue weighted by Crippen LogP contribution is 2.42. The summed E-state index contributed by atoms with van der Waals surface area (Å²) in [5.74, 6) is 0.819. The molecule has 5 nitrogen and oxygen atoms in total. The zero-order valence-corrected chi connectivity index (χ0v) is 16.9. The van der Waals surface area contributed by atoms with Gasteiger partial charge in [-0.1, -0.05) is 23.8 Å². The number of ether oxygens (including phenoxy) is 2. The Morgan fingerprint density at radius 2 is 2.10 bits per heavy atom. The number of rotatable bonds is 5. The van der Waals surface area contributed by atoms with Gasteiger partial charge in [0.2, 0.25) is 0 Å². The van der Waals surface area contributed by atoms with Gasteiger partial charge in [0, 0.05) is 36.7 Å². The number of nitrogens with zero attached hydrogens (tertiary/aromatic N) is 1. The minimum Gasteiger partial charge on any atom is -0.490 e. The maximum Gasteiger partial charge on any atom is 0.128 e. The maximum absolute atomic E-state index is 10.5. The van der Waals surface area contributed by atoms with Crippen molar-refractivity contribution in [3.8, 4) is 5.75 Å². The number of aromatic amines is 1. The van der Waals surface area contributed by atoms with Gasteiger partial charge in [0.25, 0.3) is 0 Å². The predicted octanol–water partition coefficient (Wildman–Crippen LogP) is 3.81. The number of hydrogen-bond acceptors (Lipinski definition) is 4. The van der Waals surface area contributed by atoms with Gasteiger partial charge in [-0.15, -0.1) is 0 Å². The normalized spacial score (nSPS) is 22.8. The lowest BCUT2D eigenvalue weighted by atomic mass is 9.76. The van der Waals surface area contributed by atoms with Gasteiger partial charge < -0.3 is 24.5 Å². The number of H-pyrrole nitrogens is 1. The average molecular weight is 395 g/mol. The summed E-state index contributed by atoms with van der Waals surface area (Å²) < 4.78 is 12.3. The lowest BCUT2D eigenvalue weighted by Crippen LogP contribution is -2.51. The van der Waals surface area contributed by atoms with Gasteiger partial charge in [0.1, 0.15) is 18.5 Å². The van der Waals surface area contributed by atoms with E-state index in [-0.39, 0.29) is 5.60 Å². The van der Waals surface area contributed by atoms with Gasteiger partial charge in [0.15, 0.2) is 0 Å². The van der Waals surface area contributed by atoms with E-state index in [9.17, 15) is 5.11 Å². The lowest BCUT2D eigenvalue weighted by Gasteiger charge is -2.46. The topological polar surface area (TPSA) is 57.7 Å². The number of aliphatic hydroxyl groups is 1. The van der Waals surface area contributed by atoms with Crippen LogP contribution in [0.25, 0.3) is 10.9 Å². The summed E-state index contributed by atoms with van der Waals surface area (Å²) >= 11 is 0. The molecule has 2 N–H and O–H groups in total. The van der Waals surface area contributed by atoms with Crippen molar-refractivity contribution in [2.75, 3.05) is 32.8 Å². The van der Waals surface area contributed by atoms with E-state index >= 15 is 0 Å². The van der Waals surface area contributed by atoms with Crippen molar-refractivity contribution >= 4 is 10.9 Å². The molecule has 2 aromatic rings. The average Bonchev–Trinajstić information content (AvgIpc) is 3.24. The molecule has 5 rings (SSSR count). The van der Waals surface area contributed by atoms with Crippen LogP contribution in [0.5, 0.6) is 5.75 Å².